The maximum Gasteiger partial charge on any atom is 0.333 e. The molecule has 234 valence electrons. The van der Waals surface area contributed by atoms with Gasteiger partial charge in [-0.2, -0.15) is 5.01 Å². The van der Waals surface area contributed by atoms with Gasteiger partial charge in [-0.15, -0.1) is 6.42 Å². The van der Waals surface area contributed by atoms with Crippen LogP contribution in [0.5, 0.6) is 0 Å². The van der Waals surface area contributed by atoms with E-state index in [2.05, 4.69) is 16.6 Å². The lowest BCUT2D eigenvalue weighted by Gasteiger charge is -2.46. The largest absolute Gasteiger partial charge is 0.388 e. The topological polar surface area (TPSA) is 88.2 Å². The lowest BCUT2D eigenvalue weighted by Crippen LogP contribution is -2.66. The van der Waals surface area contributed by atoms with Gasteiger partial charge >= 0.3 is 6.03 Å². The molecule has 4 amide bonds. The highest BCUT2D eigenvalue weighted by atomic mass is 19.1. The van der Waals surface area contributed by atoms with E-state index in [-0.39, 0.29) is 43.8 Å². The van der Waals surface area contributed by atoms with Crippen molar-refractivity contribution >= 4 is 34.3 Å². The highest BCUT2D eigenvalue weighted by Gasteiger charge is 2.52. The van der Waals surface area contributed by atoms with E-state index in [0.717, 1.165) is 27.6 Å². The van der Waals surface area contributed by atoms with Crippen LogP contribution in [0.25, 0.3) is 10.8 Å². The summed E-state index contributed by atoms with van der Waals surface area (Å²) in [6.45, 7) is 0.484. The molecule has 0 bridgehead atoms. The molecule has 2 saturated heterocycles. The first-order valence-electron chi connectivity index (χ1n) is 15.2. The Bertz CT molecular complexity index is 1780. The van der Waals surface area contributed by atoms with E-state index in [1.165, 1.54) is 17.1 Å². The minimum absolute atomic E-state index is 0.0830. The van der Waals surface area contributed by atoms with Crippen LogP contribution in [0.2, 0.25) is 0 Å². The van der Waals surface area contributed by atoms with E-state index in [0.29, 0.717) is 18.5 Å². The van der Waals surface area contributed by atoms with Gasteiger partial charge in [0.15, 0.2) is 0 Å². The number of benzene rings is 4. The second kappa shape index (κ2) is 13.3. The van der Waals surface area contributed by atoms with Gasteiger partial charge in [0.2, 0.25) is 11.8 Å². The number of hydrogen-bond acceptors (Lipinski definition) is 5. The zero-order valence-corrected chi connectivity index (χ0v) is 25.5. The molecule has 2 N–H and O–H groups in total. The van der Waals surface area contributed by atoms with E-state index in [1.807, 2.05) is 73.8 Å². The summed E-state index contributed by atoms with van der Waals surface area (Å²) < 4.78 is 13.4. The third kappa shape index (κ3) is 6.23. The Balaban J connectivity index is 1.31. The Morgan fingerprint density at radius 3 is 2.43 bits per heavy atom. The number of terminal acetylenes is 1. The zero-order chi connectivity index (χ0) is 32.2. The molecule has 0 radical (unpaired) electrons. The molecule has 0 aromatic heterocycles. The molecule has 0 saturated carbocycles. The Hall–Kier alpha value is -5.40. The number of carbonyl (C=O) groups is 3. The molecule has 2 aliphatic rings. The van der Waals surface area contributed by atoms with Crippen LogP contribution in [0.4, 0.5) is 14.9 Å². The summed E-state index contributed by atoms with van der Waals surface area (Å²) in [7, 11) is 1.84. The normalized spacial score (nSPS) is 17.9. The molecule has 0 unspecified atom stereocenters. The van der Waals surface area contributed by atoms with Gasteiger partial charge in [-0.3, -0.25) is 9.59 Å². The van der Waals surface area contributed by atoms with E-state index < -0.39 is 18.2 Å². The molecule has 6 rings (SSSR count). The van der Waals surface area contributed by atoms with E-state index in [4.69, 9.17) is 6.42 Å². The minimum atomic E-state index is -0.776. The molecule has 2 aliphatic heterocycles. The van der Waals surface area contributed by atoms with Crippen molar-refractivity contribution in [2.45, 2.75) is 31.7 Å². The van der Waals surface area contributed by atoms with E-state index >= 15 is 0 Å². The summed E-state index contributed by atoms with van der Waals surface area (Å²) in [6.07, 6.45) is 5.41. The van der Waals surface area contributed by atoms with Crippen molar-refractivity contribution in [2.24, 2.45) is 0 Å². The van der Waals surface area contributed by atoms with Crippen molar-refractivity contribution in [3.63, 3.8) is 0 Å². The van der Waals surface area contributed by atoms with Crippen LogP contribution in [-0.4, -0.2) is 76.6 Å². The van der Waals surface area contributed by atoms with Crippen molar-refractivity contribution < 1.29 is 18.8 Å². The van der Waals surface area contributed by atoms with Crippen LogP contribution >= 0.6 is 0 Å². The van der Waals surface area contributed by atoms with Crippen LogP contribution < -0.4 is 10.6 Å². The fourth-order valence-electron chi connectivity index (χ4n) is 6.29. The average molecular weight is 619 g/mol. The van der Waals surface area contributed by atoms with Gasteiger partial charge in [-0.1, -0.05) is 72.7 Å². The Morgan fingerprint density at radius 2 is 1.70 bits per heavy atom. The maximum atomic E-state index is 14.3. The molecule has 4 aromatic rings. The van der Waals surface area contributed by atoms with Crippen LogP contribution in [-0.2, 0) is 29.1 Å². The first-order chi connectivity index (χ1) is 22.4. The highest BCUT2D eigenvalue weighted by Crippen LogP contribution is 2.31. The van der Waals surface area contributed by atoms with E-state index in [9.17, 15) is 18.8 Å². The molecular formula is C36H35FN6O3. The summed E-state index contributed by atoms with van der Waals surface area (Å²) >= 11 is 0. The predicted molar refractivity (Wildman–Crippen MR) is 174 cm³/mol. The highest BCUT2D eigenvalue weighted by molar-refractivity contribution is 5.92. The van der Waals surface area contributed by atoms with Crippen molar-refractivity contribution in [3.05, 3.63) is 114 Å². The average Bonchev–Trinajstić information content (AvgIpc) is 3.40. The van der Waals surface area contributed by atoms with Gasteiger partial charge in [-0.25, -0.2) is 14.2 Å². The summed E-state index contributed by atoms with van der Waals surface area (Å²) in [4.78, 5) is 44.9. The minimum Gasteiger partial charge on any atom is -0.388 e. The van der Waals surface area contributed by atoms with Gasteiger partial charge in [0.1, 0.15) is 18.0 Å². The van der Waals surface area contributed by atoms with Crippen LogP contribution in [0.1, 0.15) is 16.7 Å². The Morgan fingerprint density at radius 1 is 0.978 bits per heavy atom. The number of carbonyl (C=O) groups excluding carboxylic acids is 3. The molecule has 2 fully saturated rings. The van der Waals surface area contributed by atoms with Gasteiger partial charge in [0.25, 0.3) is 0 Å². The third-order valence-electron chi connectivity index (χ3n) is 8.62. The first kappa shape index (κ1) is 30.6. The van der Waals surface area contributed by atoms with Gasteiger partial charge in [0, 0.05) is 32.2 Å². The number of fused-ring (bicyclic) bond motifs is 2. The number of anilines is 1. The fraction of sp³-hybridized carbons (Fsp3) is 0.250. The number of nitrogens with one attached hydrogen (secondary N) is 2. The molecule has 2 atom stereocenters. The SMILES string of the molecule is C#CCN(C(=O)NCc1ccc(F)cc1)N1CC(=O)N2[C@@H](Cc3ccc(NC)cc3)C(=O)N(Cc3cccc4ccccc34)C[C@@H]21. The number of halogens is 1. The second-order valence-corrected chi connectivity index (χ2v) is 11.5. The zero-order valence-electron chi connectivity index (χ0n) is 25.5. The fourth-order valence-corrected chi connectivity index (χ4v) is 6.29. The van der Waals surface area contributed by atoms with Crippen molar-refractivity contribution in [3.8, 4) is 12.3 Å². The number of hydrogen-bond donors (Lipinski definition) is 2. The summed E-state index contributed by atoms with van der Waals surface area (Å²) in [5.74, 6) is 1.76. The van der Waals surface area contributed by atoms with Gasteiger partial charge in [-0.05, 0) is 51.7 Å². The number of piperazine rings is 1. The van der Waals surface area contributed by atoms with Crippen molar-refractivity contribution in [1.29, 1.82) is 0 Å². The molecule has 4 aromatic carbocycles. The van der Waals surface area contributed by atoms with Crippen LogP contribution in [0.3, 0.4) is 0 Å². The lowest BCUT2D eigenvalue weighted by atomic mass is 9.98. The number of urea groups is 1. The maximum absolute atomic E-state index is 14.3. The monoisotopic (exact) mass is 618 g/mol. The number of rotatable bonds is 9. The first-order valence-corrected chi connectivity index (χ1v) is 15.2. The van der Waals surface area contributed by atoms with Crippen LogP contribution in [0, 0.1) is 18.2 Å². The third-order valence-corrected chi connectivity index (χ3v) is 8.62. The van der Waals surface area contributed by atoms with Gasteiger partial charge < -0.3 is 20.4 Å². The smallest absolute Gasteiger partial charge is 0.333 e. The summed E-state index contributed by atoms with van der Waals surface area (Å²) in [5.41, 5.74) is 3.55. The standard InChI is InChI=1S/C36H35FN6O3/c1-3-19-41(36(46)39-21-26-11-15-29(37)16-12-26)42-24-34(44)43-32(20-25-13-17-30(38-2)18-14-25)35(45)40(23-33(42)43)22-28-9-6-8-27-7-4-5-10-31(27)28/h1,4-18,32-33,38H,19-24H2,2H3,(H,39,46)/t32-,33+/m0/s1. The molecular weight excluding hydrogens is 583 g/mol. The quantitative estimate of drug-likeness (QED) is 0.275. The summed E-state index contributed by atoms with van der Waals surface area (Å²) in [5, 5.41) is 11.1. The second-order valence-electron chi connectivity index (χ2n) is 11.5. The lowest BCUT2D eigenvalue weighted by molar-refractivity contribution is -0.157. The van der Waals surface area contributed by atoms with Crippen LogP contribution in [0.15, 0.2) is 91.0 Å². The number of nitrogens with zero attached hydrogens (tertiary/aromatic N) is 4. The number of hydrazine groups is 1. The molecule has 0 spiro atoms. The molecule has 0 aliphatic carbocycles. The molecule has 9 nitrogen and oxygen atoms in total. The van der Waals surface area contributed by atoms with Crippen molar-refractivity contribution in [2.75, 3.05) is 32.0 Å². The van der Waals surface area contributed by atoms with Gasteiger partial charge in [0.05, 0.1) is 19.6 Å². The van der Waals surface area contributed by atoms with E-state index in [1.54, 1.807) is 26.9 Å². The Labute approximate surface area is 267 Å². The molecule has 46 heavy (non-hydrogen) atoms. The molecule has 10 heteroatoms. The predicted octanol–water partition coefficient (Wildman–Crippen LogP) is 4.20. The summed E-state index contributed by atoms with van der Waals surface area (Å²) in [6, 6.07) is 26.4. The van der Waals surface area contributed by atoms with Crippen molar-refractivity contribution in [1.82, 2.24) is 25.1 Å². The number of amides is 4. The Kier molecular flexibility index (Phi) is 8.85. The molecule has 2 heterocycles.